The standard InChI is InChI=1S/C14H23N3O/c1-10(2)17-7-5-12(16-17)9-15-13-6-8-18-14(13)11-3-4-11/h5,7,10-11,13-15H,3-4,6,8-9H2,1-2H3. The molecular formula is C14H23N3O. The van der Waals surface area contributed by atoms with E-state index in [1.165, 1.54) is 12.8 Å². The summed E-state index contributed by atoms with van der Waals surface area (Å²) in [4.78, 5) is 0. The Bertz CT molecular complexity index is 397. The van der Waals surface area contributed by atoms with Crippen LogP contribution in [-0.4, -0.2) is 28.5 Å². The summed E-state index contributed by atoms with van der Waals surface area (Å²) in [7, 11) is 0. The van der Waals surface area contributed by atoms with Gasteiger partial charge in [0, 0.05) is 31.4 Å². The van der Waals surface area contributed by atoms with Gasteiger partial charge in [0.25, 0.3) is 0 Å². The number of hydrogen-bond acceptors (Lipinski definition) is 3. The summed E-state index contributed by atoms with van der Waals surface area (Å²) >= 11 is 0. The van der Waals surface area contributed by atoms with Crippen LogP contribution in [0.15, 0.2) is 12.3 Å². The molecule has 1 aromatic rings. The van der Waals surface area contributed by atoms with Gasteiger partial charge in [-0.2, -0.15) is 5.10 Å². The van der Waals surface area contributed by atoms with E-state index in [9.17, 15) is 0 Å². The van der Waals surface area contributed by atoms with Crippen LogP contribution in [0.4, 0.5) is 0 Å². The summed E-state index contributed by atoms with van der Waals surface area (Å²) in [6.07, 6.45) is 6.37. The molecule has 0 spiro atoms. The molecule has 2 aliphatic rings. The SMILES string of the molecule is CC(C)n1ccc(CNC2CCOC2C2CC2)n1. The van der Waals surface area contributed by atoms with Gasteiger partial charge in [-0.15, -0.1) is 0 Å². The molecule has 0 aromatic carbocycles. The second-order valence-corrected chi connectivity index (χ2v) is 5.83. The van der Waals surface area contributed by atoms with E-state index < -0.39 is 0 Å². The molecule has 1 saturated carbocycles. The third-order valence-electron chi connectivity index (χ3n) is 3.96. The summed E-state index contributed by atoms with van der Waals surface area (Å²) in [5.41, 5.74) is 1.13. The predicted molar refractivity (Wildman–Crippen MR) is 70.3 cm³/mol. The Morgan fingerprint density at radius 3 is 2.94 bits per heavy atom. The van der Waals surface area contributed by atoms with Crippen LogP contribution in [0, 0.1) is 5.92 Å². The van der Waals surface area contributed by atoms with Gasteiger partial charge in [-0.1, -0.05) is 0 Å². The molecule has 2 fully saturated rings. The molecule has 1 N–H and O–H groups in total. The first kappa shape index (κ1) is 12.2. The van der Waals surface area contributed by atoms with Gasteiger partial charge in [0.15, 0.2) is 0 Å². The molecule has 2 heterocycles. The molecule has 2 unspecified atom stereocenters. The third kappa shape index (κ3) is 2.59. The molecule has 0 amide bonds. The molecule has 1 aliphatic carbocycles. The lowest BCUT2D eigenvalue weighted by Crippen LogP contribution is -2.37. The molecule has 4 heteroatoms. The van der Waals surface area contributed by atoms with Gasteiger partial charge in [0.2, 0.25) is 0 Å². The molecular weight excluding hydrogens is 226 g/mol. The lowest BCUT2D eigenvalue weighted by Gasteiger charge is -2.18. The van der Waals surface area contributed by atoms with Crippen molar-refractivity contribution in [1.29, 1.82) is 0 Å². The molecule has 1 aromatic heterocycles. The molecule has 0 bridgehead atoms. The van der Waals surface area contributed by atoms with E-state index in [0.29, 0.717) is 18.2 Å². The minimum atomic E-state index is 0.438. The van der Waals surface area contributed by atoms with Crippen molar-refractivity contribution in [2.75, 3.05) is 6.61 Å². The van der Waals surface area contributed by atoms with E-state index in [2.05, 4.69) is 36.5 Å². The van der Waals surface area contributed by atoms with E-state index in [1.54, 1.807) is 0 Å². The Hall–Kier alpha value is -0.870. The van der Waals surface area contributed by atoms with Crippen LogP contribution in [0.2, 0.25) is 0 Å². The molecule has 2 atom stereocenters. The van der Waals surface area contributed by atoms with E-state index in [0.717, 1.165) is 31.2 Å². The topological polar surface area (TPSA) is 39.1 Å². The van der Waals surface area contributed by atoms with E-state index in [4.69, 9.17) is 4.74 Å². The molecule has 4 nitrogen and oxygen atoms in total. The first-order valence-electron chi connectivity index (χ1n) is 7.13. The largest absolute Gasteiger partial charge is 0.376 e. The molecule has 18 heavy (non-hydrogen) atoms. The van der Waals surface area contributed by atoms with Crippen molar-refractivity contribution in [3.8, 4) is 0 Å². The number of hydrogen-bond donors (Lipinski definition) is 1. The van der Waals surface area contributed by atoms with Crippen molar-refractivity contribution >= 4 is 0 Å². The fraction of sp³-hybridized carbons (Fsp3) is 0.786. The van der Waals surface area contributed by atoms with Crippen LogP contribution in [0.5, 0.6) is 0 Å². The van der Waals surface area contributed by atoms with E-state index in [-0.39, 0.29) is 0 Å². The number of aromatic nitrogens is 2. The van der Waals surface area contributed by atoms with Gasteiger partial charge in [0.1, 0.15) is 0 Å². The van der Waals surface area contributed by atoms with Crippen LogP contribution in [-0.2, 0) is 11.3 Å². The smallest absolute Gasteiger partial charge is 0.0762 e. The van der Waals surface area contributed by atoms with Gasteiger partial charge in [-0.25, -0.2) is 0 Å². The van der Waals surface area contributed by atoms with Crippen LogP contribution in [0.3, 0.4) is 0 Å². The van der Waals surface area contributed by atoms with Crippen molar-refractivity contribution in [3.63, 3.8) is 0 Å². The van der Waals surface area contributed by atoms with Crippen LogP contribution in [0.1, 0.15) is 44.8 Å². The van der Waals surface area contributed by atoms with Crippen LogP contribution < -0.4 is 5.32 Å². The number of nitrogens with one attached hydrogen (secondary N) is 1. The number of rotatable bonds is 5. The first-order valence-corrected chi connectivity index (χ1v) is 7.13. The summed E-state index contributed by atoms with van der Waals surface area (Å²) < 4.78 is 7.85. The van der Waals surface area contributed by atoms with Crippen molar-refractivity contribution in [1.82, 2.24) is 15.1 Å². The predicted octanol–water partition coefficient (Wildman–Crippen LogP) is 2.12. The molecule has 1 saturated heterocycles. The second kappa shape index (κ2) is 5.02. The zero-order valence-electron chi connectivity index (χ0n) is 11.3. The number of nitrogens with zero attached hydrogens (tertiary/aromatic N) is 2. The lowest BCUT2D eigenvalue weighted by atomic mass is 10.1. The van der Waals surface area contributed by atoms with Gasteiger partial charge < -0.3 is 10.1 Å². The summed E-state index contributed by atoms with van der Waals surface area (Å²) in [5.74, 6) is 0.818. The summed E-state index contributed by atoms with van der Waals surface area (Å²) in [5, 5.41) is 8.19. The van der Waals surface area contributed by atoms with Gasteiger partial charge >= 0.3 is 0 Å². The Morgan fingerprint density at radius 2 is 2.28 bits per heavy atom. The minimum Gasteiger partial charge on any atom is -0.376 e. The Balaban J connectivity index is 1.53. The first-order chi connectivity index (χ1) is 8.74. The highest BCUT2D eigenvalue weighted by Crippen LogP contribution is 2.38. The van der Waals surface area contributed by atoms with Crippen molar-refractivity contribution in [3.05, 3.63) is 18.0 Å². The maximum atomic E-state index is 5.83. The highest BCUT2D eigenvalue weighted by Gasteiger charge is 2.40. The van der Waals surface area contributed by atoms with E-state index >= 15 is 0 Å². The van der Waals surface area contributed by atoms with Crippen LogP contribution in [0.25, 0.3) is 0 Å². The summed E-state index contributed by atoms with van der Waals surface area (Å²) in [6.45, 7) is 6.08. The molecule has 3 rings (SSSR count). The zero-order valence-corrected chi connectivity index (χ0v) is 11.3. The molecule has 100 valence electrons. The quantitative estimate of drug-likeness (QED) is 0.869. The third-order valence-corrected chi connectivity index (χ3v) is 3.96. The average Bonchev–Trinajstić information content (AvgIpc) is 2.92. The molecule has 0 radical (unpaired) electrons. The van der Waals surface area contributed by atoms with E-state index in [1.807, 2.05) is 4.68 Å². The Labute approximate surface area is 109 Å². The van der Waals surface area contributed by atoms with Crippen molar-refractivity contribution in [2.45, 2.75) is 57.8 Å². The highest BCUT2D eigenvalue weighted by molar-refractivity contribution is 5.01. The molecule has 1 aliphatic heterocycles. The highest BCUT2D eigenvalue weighted by atomic mass is 16.5. The average molecular weight is 249 g/mol. The Morgan fingerprint density at radius 1 is 1.44 bits per heavy atom. The monoisotopic (exact) mass is 249 g/mol. The minimum absolute atomic E-state index is 0.438. The fourth-order valence-corrected chi connectivity index (χ4v) is 2.71. The summed E-state index contributed by atoms with van der Waals surface area (Å²) in [6, 6.07) is 3.07. The van der Waals surface area contributed by atoms with Crippen molar-refractivity contribution in [2.24, 2.45) is 5.92 Å². The maximum absolute atomic E-state index is 5.83. The number of ether oxygens (including phenoxy) is 1. The van der Waals surface area contributed by atoms with Gasteiger partial charge in [-0.3, -0.25) is 4.68 Å². The van der Waals surface area contributed by atoms with Crippen molar-refractivity contribution < 1.29 is 4.74 Å². The zero-order chi connectivity index (χ0) is 12.5. The fourth-order valence-electron chi connectivity index (χ4n) is 2.71. The second-order valence-electron chi connectivity index (χ2n) is 5.83. The van der Waals surface area contributed by atoms with Crippen LogP contribution >= 0.6 is 0 Å². The van der Waals surface area contributed by atoms with Gasteiger partial charge in [-0.05, 0) is 45.1 Å². The normalized spacial score (nSPS) is 28.2. The van der Waals surface area contributed by atoms with Gasteiger partial charge in [0.05, 0.1) is 11.8 Å². The Kier molecular flexibility index (Phi) is 3.39. The lowest BCUT2D eigenvalue weighted by molar-refractivity contribution is 0.0808. The maximum Gasteiger partial charge on any atom is 0.0762 e.